The average molecular weight is 769 g/mol. The maximum atomic E-state index is 7.04. The van der Waals surface area contributed by atoms with Crippen LogP contribution in [0.3, 0.4) is 0 Å². The Morgan fingerprint density at radius 2 is 1.00 bits per heavy atom. The van der Waals surface area contributed by atoms with Crippen molar-refractivity contribution in [2.75, 3.05) is 0 Å². The molecule has 0 radical (unpaired) electrons. The molecule has 0 aliphatic carbocycles. The first-order chi connectivity index (χ1) is 29.7. The third kappa shape index (κ3) is 6.70. The molecule has 3 nitrogen and oxygen atoms in total. The normalized spacial score (nSPS) is 14.2. The van der Waals surface area contributed by atoms with Gasteiger partial charge >= 0.3 is 0 Å². The quantitative estimate of drug-likeness (QED) is 0.159. The van der Waals surface area contributed by atoms with Crippen molar-refractivity contribution in [3.63, 3.8) is 0 Å². The minimum atomic E-state index is -0.0404. The van der Waals surface area contributed by atoms with Crippen LogP contribution in [0.15, 0.2) is 227 Å². The van der Waals surface area contributed by atoms with E-state index >= 15 is 0 Å². The lowest BCUT2D eigenvalue weighted by atomic mass is 9.91. The van der Waals surface area contributed by atoms with Crippen LogP contribution in [0.5, 0.6) is 0 Å². The van der Waals surface area contributed by atoms with E-state index in [1.54, 1.807) is 0 Å². The molecule has 1 aliphatic heterocycles. The molecule has 11 rings (SSSR count). The van der Waals surface area contributed by atoms with E-state index in [1.165, 1.54) is 38.6 Å². The Kier molecular flexibility index (Phi) is 9.05. The minimum Gasteiger partial charge on any atom is -0.455 e. The molecule has 0 N–H and O–H groups in total. The van der Waals surface area contributed by atoms with Crippen molar-refractivity contribution in [1.29, 1.82) is 0 Å². The first-order valence-electron chi connectivity index (χ1n) is 20.7. The Balaban J connectivity index is 1.02. The number of amidine groups is 1. The van der Waals surface area contributed by atoms with Gasteiger partial charge in [-0.1, -0.05) is 170 Å². The second-order valence-corrected chi connectivity index (χ2v) is 15.6. The molecule has 0 saturated heterocycles. The lowest BCUT2D eigenvalue weighted by Crippen LogP contribution is -2.04. The number of hydrogen-bond acceptors (Lipinski definition) is 3. The molecule has 60 heavy (non-hydrogen) atoms. The SMILES string of the molecule is c1ccc(C2=NC(c3ccccc3)=N[C@H](c3cccc(-c4ccc5c(c4)oc4c(-c6cc(-c7ccccc7)cc(-c7ccccc7)c6)cc6ccccc6c45)c3)CC2)cc1. The third-order valence-electron chi connectivity index (χ3n) is 11.8. The molecule has 0 saturated carbocycles. The molecule has 0 fully saturated rings. The van der Waals surface area contributed by atoms with E-state index in [0.29, 0.717) is 0 Å². The van der Waals surface area contributed by atoms with Crippen LogP contribution < -0.4 is 0 Å². The summed E-state index contributed by atoms with van der Waals surface area (Å²) in [6.07, 6.45) is 1.70. The third-order valence-corrected chi connectivity index (χ3v) is 11.8. The van der Waals surface area contributed by atoms with Crippen LogP contribution in [0, 0.1) is 0 Å². The van der Waals surface area contributed by atoms with E-state index < -0.39 is 0 Å². The molecule has 3 heteroatoms. The molecule has 2 heterocycles. The number of furan rings is 1. The molecule has 9 aromatic carbocycles. The number of aliphatic imine (C=N–C) groups is 2. The highest BCUT2D eigenvalue weighted by Crippen LogP contribution is 2.44. The zero-order valence-electron chi connectivity index (χ0n) is 33.0. The van der Waals surface area contributed by atoms with Crippen LogP contribution >= 0.6 is 0 Å². The fraction of sp³-hybridized carbons (Fsp3) is 0.0526. The summed E-state index contributed by atoms with van der Waals surface area (Å²) in [5, 5.41) is 4.62. The number of hydrogen-bond donors (Lipinski definition) is 0. The fourth-order valence-corrected chi connectivity index (χ4v) is 8.83. The molecular formula is C57H40N2O. The number of rotatable bonds is 7. The predicted molar refractivity (Wildman–Crippen MR) is 251 cm³/mol. The number of fused-ring (bicyclic) bond motifs is 5. The maximum Gasteiger partial charge on any atom is 0.155 e. The van der Waals surface area contributed by atoms with E-state index in [-0.39, 0.29) is 6.04 Å². The highest BCUT2D eigenvalue weighted by atomic mass is 16.3. The molecule has 1 aromatic heterocycles. The first kappa shape index (κ1) is 35.5. The van der Waals surface area contributed by atoms with E-state index in [0.717, 1.165) is 79.7 Å². The molecule has 0 amide bonds. The van der Waals surface area contributed by atoms with E-state index in [1.807, 2.05) is 6.07 Å². The van der Waals surface area contributed by atoms with Gasteiger partial charge in [0, 0.05) is 21.9 Å². The summed E-state index contributed by atoms with van der Waals surface area (Å²) in [6, 6.07) is 75.5. The molecule has 10 aromatic rings. The number of benzene rings is 9. The highest BCUT2D eigenvalue weighted by Gasteiger charge is 2.21. The standard InChI is InChI=1S/C57H40N2O/c1-5-16-38(17-6-1)46-33-47(39-18-7-2-8-19-39)35-48(34-46)51-36-44-24-13-14-27-49(44)55-50-29-28-43(37-54(50)60-56(51)55)42-25-15-26-45(32-42)53-31-30-52(40-20-9-3-10-21-40)58-57(59-53)41-22-11-4-12-23-41/h1-29,32-37,53H,30-31H2/t53-/m0/s1. The van der Waals surface area contributed by atoms with E-state index in [2.05, 4.69) is 206 Å². The summed E-state index contributed by atoms with van der Waals surface area (Å²) in [6.45, 7) is 0. The lowest BCUT2D eigenvalue weighted by molar-refractivity contribution is 0.670. The fourth-order valence-electron chi connectivity index (χ4n) is 8.83. The summed E-state index contributed by atoms with van der Waals surface area (Å²) in [4.78, 5) is 10.5. The van der Waals surface area contributed by atoms with Gasteiger partial charge in [0.15, 0.2) is 5.84 Å². The summed E-state index contributed by atoms with van der Waals surface area (Å²) in [5.41, 5.74) is 15.3. The van der Waals surface area contributed by atoms with Crippen molar-refractivity contribution in [3.8, 4) is 44.5 Å². The Labute approximate surface area is 349 Å². The van der Waals surface area contributed by atoms with Crippen molar-refractivity contribution >= 4 is 44.3 Å². The van der Waals surface area contributed by atoms with Gasteiger partial charge < -0.3 is 4.42 Å². The molecule has 0 spiro atoms. The maximum absolute atomic E-state index is 7.04. The monoisotopic (exact) mass is 768 g/mol. The van der Waals surface area contributed by atoms with Crippen LogP contribution in [0.25, 0.3) is 77.2 Å². The number of nitrogens with zero attached hydrogens (tertiary/aromatic N) is 2. The second kappa shape index (κ2) is 15.3. The smallest absolute Gasteiger partial charge is 0.155 e. The van der Waals surface area contributed by atoms with Crippen LogP contribution in [0.2, 0.25) is 0 Å². The predicted octanol–water partition coefficient (Wildman–Crippen LogP) is 15.2. The molecule has 0 bridgehead atoms. The average Bonchev–Trinajstić information content (AvgIpc) is 3.57. The van der Waals surface area contributed by atoms with Gasteiger partial charge in [-0.25, -0.2) is 4.99 Å². The van der Waals surface area contributed by atoms with Gasteiger partial charge in [-0.2, -0.15) is 0 Å². The van der Waals surface area contributed by atoms with Crippen LogP contribution in [-0.2, 0) is 0 Å². The summed E-state index contributed by atoms with van der Waals surface area (Å²) in [5.74, 6) is 0.777. The zero-order valence-corrected chi connectivity index (χ0v) is 33.0. The van der Waals surface area contributed by atoms with Gasteiger partial charge in [0.25, 0.3) is 0 Å². The van der Waals surface area contributed by atoms with E-state index in [4.69, 9.17) is 14.4 Å². The Bertz CT molecular complexity index is 3180. The molecule has 0 unspecified atom stereocenters. The van der Waals surface area contributed by atoms with Gasteiger partial charge in [0.05, 0.1) is 11.8 Å². The van der Waals surface area contributed by atoms with Gasteiger partial charge in [0.1, 0.15) is 11.2 Å². The highest BCUT2D eigenvalue weighted by molar-refractivity contribution is 6.23. The summed E-state index contributed by atoms with van der Waals surface area (Å²) in [7, 11) is 0. The van der Waals surface area contributed by atoms with Gasteiger partial charge in [-0.15, -0.1) is 0 Å². The van der Waals surface area contributed by atoms with Crippen molar-refractivity contribution in [1.82, 2.24) is 0 Å². The summed E-state index contributed by atoms with van der Waals surface area (Å²) >= 11 is 0. The van der Waals surface area contributed by atoms with Crippen molar-refractivity contribution in [2.45, 2.75) is 18.9 Å². The molecule has 1 aliphatic rings. The lowest BCUT2D eigenvalue weighted by Gasteiger charge is -2.14. The second-order valence-electron chi connectivity index (χ2n) is 15.6. The molecule has 284 valence electrons. The largest absolute Gasteiger partial charge is 0.455 e. The minimum absolute atomic E-state index is 0.0404. The van der Waals surface area contributed by atoms with Crippen molar-refractivity contribution in [2.24, 2.45) is 9.98 Å². The van der Waals surface area contributed by atoms with Crippen molar-refractivity contribution < 1.29 is 4.42 Å². The topological polar surface area (TPSA) is 37.9 Å². The van der Waals surface area contributed by atoms with E-state index in [9.17, 15) is 0 Å². The Morgan fingerprint density at radius 3 is 1.70 bits per heavy atom. The van der Waals surface area contributed by atoms with Gasteiger partial charge in [-0.05, 0) is 116 Å². The van der Waals surface area contributed by atoms with Crippen LogP contribution in [0.1, 0.15) is 35.6 Å². The molecule has 1 atom stereocenters. The first-order valence-corrected chi connectivity index (χ1v) is 20.7. The molecular weight excluding hydrogens is 729 g/mol. The Morgan fingerprint density at radius 1 is 0.417 bits per heavy atom. The Hall–Kier alpha value is -7.62. The van der Waals surface area contributed by atoms with Crippen molar-refractivity contribution in [3.05, 3.63) is 229 Å². The summed E-state index contributed by atoms with van der Waals surface area (Å²) < 4.78 is 7.04. The van der Waals surface area contributed by atoms with Crippen LogP contribution in [-0.4, -0.2) is 11.5 Å². The van der Waals surface area contributed by atoms with Gasteiger partial charge in [0.2, 0.25) is 0 Å². The van der Waals surface area contributed by atoms with Crippen LogP contribution in [0.4, 0.5) is 0 Å². The van der Waals surface area contributed by atoms with Gasteiger partial charge in [-0.3, -0.25) is 4.99 Å². The zero-order chi connectivity index (χ0) is 39.8.